The third-order valence-electron chi connectivity index (χ3n) is 1.25. The van der Waals surface area contributed by atoms with E-state index in [1.807, 2.05) is 0 Å². The van der Waals surface area contributed by atoms with Crippen LogP contribution in [-0.2, 0) is 0 Å². The minimum atomic E-state index is 0.342. The Balaban J connectivity index is 2.82. The molecule has 0 radical (unpaired) electrons. The van der Waals surface area contributed by atoms with E-state index >= 15 is 0 Å². The summed E-state index contributed by atoms with van der Waals surface area (Å²) in [6, 6.07) is 0. The van der Waals surface area contributed by atoms with Crippen LogP contribution in [0.25, 0.3) is 0 Å². The molecule has 0 saturated heterocycles. The summed E-state index contributed by atoms with van der Waals surface area (Å²) in [5.74, 6) is 0.342. The molecule has 1 heterocycles. The van der Waals surface area contributed by atoms with Crippen molar-refractivity contribution in [2.75, 3.05) is 5.88 Å². The molecule has 1 rings (SSSR count). The van der Waals surface area contributed by atoms with E-state index < -0.39 is 0 Å². The molecular formula is C6H6Cl3N. The van der Waals surface area contributed by atoms with Crippen molar-refractivity contribution in [1.82, 2.24) is 0 Å². The fourth-order valence-electron chi connectivity index (χ4n) is 0.723. The van der Waals surface area contributed by atoms with Gasteiger partial charge in [0.2, 0.25) is 0 Å². The molecule has 0 amide bonds. The molecule has 0 aliphatic carbocycles. The SMILES string of the molecule is ClCC1=C(Cl)CCC(Cl)=N1. The summed E-state index contributed by atoms with van der Waals surface area (Å²) in [5.41, 5.74) is 0.708. The molecule has 0 fully saturated rings. The predicted molar refractivity (Wildman–Crippen MR) is 46.1 cm³/mol. The van der Waals surface area contributed by atoms with Crippen LogP contribution in [0.1, 0.15) is 12.8 Å². The van der Waals surface area contributed by atoms with Gasteiger partial charge in [-0.1, -0.05) is 23.2 Å². The van der Waals surface area contributed by atoms with Crippen molar-refractivity contribution in [3.8, 4) is 0 Å². The van der Waals surface area contributed by atoms with Crippen molar-refractivity contribution in [1.29, 1.82) is 0 Å². The molecule has 56 valence electrons. The monoisotopic (exact) mass is 197 g/mol. The van der Waals surface area contributed by atoms with E-state index in [1.54, 1.807) is 0 Å². The normalized spacial score (nSPS) is 19.3. The molecule has 0 N–H and O–H groups in total. The Bertz CT molecular complexity index is 195. The molecule has 4 heteroatoms. The van der Waals surface area contributed by atoms with Crippen LogP contribution in [0, 0.1) is 0 Å². The molecule has 0 aromatic rings. The van der Waals surface area contributed by atoms with E-state index in [2.05, 4.69) is 4.99 Å². The summed E-state index contributed by atoms with van der Waals surface area (Å²) >= 11 is 17.0. The lowest BCUT2D eigenvalue weighted by molar-refractivity contribution is 1.01. The molecule has 0 unspecified atom stereocenters. The highest BCUT2D eigenvalue weighted by atomic mass is 35.5. The third-order valence-corrected chi connectivity index (χ3v) is 2.18. The van der Waals surface area contributed by atoms with E-state index in [0.29, 0.717) is 16.7 Å². The van der Waals surface area contributed by atoms with Gasteiger partial charge in [-0.2, -0.15) is 0 Å². The highest BCUT2D eigenvalue weighted by Crippen LogP contribution is 2.24. The average molecular weight is 198 g/mol. The van der Waals surface area contributed by atoms with E-state index in [9.17, 15) is 0 Å². The van der Waals surface area contributed by atoms with Gasteiger partial charge in [0.05, 0.1) is 11.6 Å². The van der Waals surface area contributed by atoms with E-state index in [-0.39, 0.29) is 0 Å². The minimum absolute atomic E-state index is 0.342. The summed E-state index contributed by atoms with van der Waals surface area (Å²) in [6.45, 7) is 0. The lowest BCUT2D eigenvalue weighted by Gasteiger charge is -2.08. The van der Waals surface area contributed by atoms with E-state index in [4.69, 9.17) is 34.8 Å². The Morgan fingerprint density at radius 1 is 1.30 bits per heavy atom. The zero-order chi connectivity index (χ0) is 7.56. The van der Waals surface area contributed by atoms with Gasteiger partial charge in [-0.15, -0.1) is 11.6 Å². The Labute approximate surface area is 74.7 Å². The number of alkyl halides is 1. The largest absolute Gasteiger partial charge is 0.243 e. The number of allylic oxidation sites excluding steroid dienone is 2. The third kappa shape index (κ3) is 1.88. The molecule has 1 aliphatic rings. The first-order chi connectivity index (χ1) is 4.74. The van der Waals surface area contributed by atoms with Crippen LogP contribution in [0.15, 0.2) is 15.7 Å². The number of aliphatic imine (C=N–C) groups is 1. The van der Waals surface area contributed by atoms with Crippen molar-refractivity contribution in [2.45, 2.75) is 12.8 Å². The fourth-order valence-corrected chi connectivity index (χ4v) is 1.41. The van der Waals surface area contributed by atoms with Crippen LogP contribution in [0.2, 0.25) is 0 Å². The number of hydrogen-bond acceptors (Lipinski definition) is 1. The summed E-state index contributed by atoms with van der Waals surface area (Å²) in [5, 5.41) is 1.33. The van der Waals surface area contributed by atoms with Gasteiger partial charge in [0.25, 0.3) is 0 Å². The smallest absolute Gasteiger partial charge is 0.107 e. The molecule has 1 nitrogen and oxygen atoms in total. The van der Waals surface area contributed by atoms with Crippen molar-refractivity contribution < 1.29 is 0 Å². The maximum atomic E-state index is 5.78. The van der Waals surface area contributed by atoms with Gasteiger partial charge in [0, 0.05) is 11.5 Å². The average Bonchev–Trinajstić information content (AvgIpc) is 1.94. The van der Waals surface area contributed by atoms with Crippen molar-refractivity contribution >= 4 is 40.0 Å². The second-order valence-corrected chi connectivity index (χ2v) is 3.13. The van der Waals surface area contributed by atoms with Crippen LogP contribution in [0.5, 0.6) is 0 Å². The zero-order valence-corrected chi connectivity index (χ0v) is 7.47. The van der Waals surface area contributed by atoms with Crippen molar-refractivity contribution in [3.05, 3.63) is 10.7 Å². The minimum Gasteiger partial charge on any atom is -0.243 e. The molecule has 0 atom stereocenters. The quantitative estimate of drug-likeness (QED) is 0.574. The van der Waals surface area contributed by atoms with Gasteiger partial charge >= 0.3 is 0 Å². The van der Waals surface area contributed by atoms with Crippen LogP contribution < -0.4 is 0 Å². The highest BCUT2D eigenvalue weighted by Gasteiger charge is 2.10. The first-order valence-electron chi connectivity index (χ1n) is 2.90. The number of halogens is 3. The molecule has 1 aliphatic heterocycles. The van der Waals surface area contributed by atoms with Crippen LogP contribution >= 0.6 is 34.8 Å². The van der Waals surface area contributed by atoms with Crippen LogP contribution in [-0.4, -0.2) is 11.1 Å². The second-order valence-electron chi connectivity index (χ2n) is 1.97. The zero-order valence-electron chi connectivity index (χ0n) is 5.20. The Morgan fingerprint density at radius 3 is 2.50 bits per heavy atom. The summed E-state index contributed by atoms with van der Waals surface area (Å²) in [4.78, 5) is 3.98. The van der Waals surface area contributed by atoms with E-state index in [0.717, 1.165) is 17.9 Å². The van der Waals surface area contributed by atoms with Crippen LogP contribution in [0.3, 0.4) is 0 Å². The lowest BCUT2D eigenvalue weighted by Crippen LogP contribution is -1.99. The van der Waals surface area contributed by atoms with Crippen molar-refractivity contribution in [3.63, 3.8) is 0 Å². The topological polar surface area (TPSA) is 12.4 Å². The molecule has 0 aromatic heterocycles. The highest BCUT2D eigenvalue weighted by molar-refractivity contribution is 6.65. The lowest BCUT2D eigenvalue weighted by atomic mass is 10.2. The number of nitrogens with zero attached hydrogens (tertiary/aromatic N) is 1. The molecule has 0 aromatic carbocycles. The maximum absolute atomic E-state index is 5.78. The van der Waals surface area contributed by atoms with Gasteiger partial charge in [0.15, 0.2) is 0 Å². The fraction of sp³-hybridized carbons (Fsp3) is 0.500. The first kappa shape index (κ1) is 8.38. The van der Waals surface area contributed by atoms with Gasteiger partial charge in [-0.25, -0.2) is 4.99 Å². The Morgan fingerprint density at radius 2 is 2.00 bits per heavy atom. The number of rotatable bonds is 1. The maximum Gasteiger partial charge on any atom is 0.107 e. The predicted octanol–water partition coefficient (Wildman–Crippen LogP) is 3.11. The molecular weight excluding hydrogens is 192 g/mol. The summed E-state index contributed by atoms with van der Waals surface area (Å²) < 4.78 is 0. The van der Waals surface area contributed by atoms with Gasteiger partial charge in [-0.05, 0) is 6.42 Å². The summed E-state index contributed by atoms with van der Waals surface area (Å²) in [6.07, 6.45) is 1.51. The number of hydrogen-bond donors (Lipinski definition) is 0. The molecule has 10 heavy (non-hydrogen) atoms. The van der Waals surface area contributed by atoms with Crippen molar-refractivity contribution in [2.24, 2.45) is 4.99 Å². The Kier molecular flexibility index (Phi) is 3.02. The summed E-state index contributed by atoms with van der Waals surface area (Å²) in [7, 11) is 0. The van der Waals surface area contributed by atoms with Gasteiger partial charge < -0.3 is 0 Å². The van der Waals surface area contributed by atoms with Crippen LogP contribution in [0.4, 0.5) is 0 Å². The molecule has 0 spiro atoms. The molecule has 0 bridgehead atoms. The Hall–Kier alpha value is 0.280. The van der Waals surface area contributed by atoms with E-state index in [1.165, 1.54) is 0 Å². The standard InChI is InChI=1S/C6H6Cl3N/c7-3-5-4(8)1-2-6(9)10-5/h1-3H2. The van der Waals surface area contributed by atoms with Gasteiger partial charge in [0.1, 0.15) is 5.17 Å². The second kappa shape index (κ2) is 3.61. The van der Waals surface area contributed by atoms with Gasteiger partial charge in [-0.3, -0.25) is 0 Å². The first-order valence-corrected chi connectivity index (χ1v) is 4.19. The molecule has 0 saturated carbocycles.